The summed E-state index contributed by atoms with van der Waals surface area (Å²) in [5.74, 6) is 1.26. The maximum absolute atomic E-state index is 6.08. The topological polar surface area (TPSA) is 64.3 Å². The summed E-state index contributed by atoms with van der Waals surface area (Å²) in [6.45, 7) is 0. The van der Waals surface area contributed by atoms with Crippen molar-refractivity contribution >= 4 is 39.8 Å². The fourth-order valence-electron chi connectivity index (χ4n) is 2.49. The lowest BCUT2D eigenvalue weighted by Crippen LogP contribution is -2.03. The van der Waals surface area contributed by atoms with Crippen LogP contribution in [0.2, 0.25) is 5.02 Å². The van der Waals surface area contributed by atoms with Crippen LogP contribution in [0.15, 0.2) is 48.8 Å². The number of aromatic nitrogens is 4. The number of para-hydroxylation sites is 1. The van der Waals surface area contributed by atoms with Gasteiger partial charge in [-0.15, -0.1) is 10.2 Å². The molecule has 0 amide bonds. The molecular weight excluding hydrogens is 314 g/mol. The van der Waals surface area contributed by atoms with Gasteiger partial charge in [0.15, 0.2) is 5.65 Å². The highest BCUT2D eigenvalue weighted by Gasteiger charge is 2.12. The number of methoxy groups -OCH3 is 1. The van der Waals surface area contributed by atoms with E-state index in [-0.39, 0.29) is 0 Å². The van der Waals surface area contributed by atoms with Gasteiger partial charge < -0.3 is 10.1 Å². The van der Waals surface area contributed by atoms with E-state index in [2.05, 4.69) is 20.5 Å². The number of nitrogens with one attached hydrogen (secondary N) is 1. The van der Waals surface area contributed by atoms with Gasteiger partial charge >= 0.3 is 0 Å². The highest BCUT2D eigenvalue weighted by Crippen LogP contribution is 2.31. The van der Waals surface area contributed by atoms with Crippen LogP contribution < -0.4 is 10.1 Å². The average molecular weight is 326 g/mol. The molecule has 114 valence electrons. The molecule has 0 atom stereocenters. The number of hydrogen-bond donors (Lipinski definition) is 1. The molecule has 23 heavy (non-hydrogen) atoms. The van der Waals surface area contributed by atoms with E-state index in [0.29, 0.717) is 16.7 Å². The second-order valence-electron chi connectivity index (χ2n) is 4.95. The highest BCUT2D eigenvalue weighted by atomic mass is 35.5. The highest BCUT2D eigenvalue weighted by molar-refractivity contribution is 6.31. The Bertz CT molecular complexity index is 1010. The summed E-state index contributed by atoms with van der Waals surface area (Å²) in [7, 11) is 1.61. The Balaban J connectivity index is 1.91. The number of anilines is 2. The monoisotopic (exact) mass is 325 g/mol. The number of hydrogen-bond acceptors (Lipinski definition) is 5. The Morgan fingerprint density at radius 1 is 1.17 bits per heavy atom. The first kappa shape index (κ1) is 13.8. The maximum atomic E-state index is 6.08. The number of benzene rings is 2. The summed E-state index contributed by atoms with van der Waals surface area (Å²) < 4.78 is 7.16. The Hall–Kier alpha value is -2.86. The normalized spacial score (nSPS) is 11.0. The third-order valence-electron chi connectivity index (χ3n) is 3.56. The van der Waals surface area contributed by atoms with Gasteiger partial charge in [0.25, 0.3) is 0 Å². The third kappa shape index (κ3) is 2.33. The second-order valence-corrected chi connectivity index (χ2v) is 5.38. The zero-order valence-electron chi connectivity index (χ0n) is 12.2. The van der Waals surface area contributed by atoms with E-state index >= 15 is 0 Å². The minimum absolute atomic E-state index is 0.587. The van der Waals surface area contributed by atoms with Gasteiger partial charge in [0, 0.05) is 10.4 Å². The van der Waals surface area contributed by atoms with E-state index in [1.165, 1.54) is 0 Å². The Kier molecular flexibility index (Phi) is 3.24. The number of fused-ring (bicyclic) bond motifs is 3. The fraction of sp³-hybridized carbons (Fsp3) is 0.0625. The SMILES string of the molecule is COc1ccc(Cl)cc1Nc1nc2ccccc2c2nncn12. The Morgan fingerprint density at radius 2 is 2.04 bits per heavy atom. The fourth-order valence-corrected chi connectivity index (χ4v) is 2.66. The van der Waals surface area contributed by atoms with Gasteiger partial charge in [0.2, 0.25) is 5.95 Å². The number of halogens is 1. The van der Waals surface area contributed by atoms with Crippen molar-refractivity contribution in [2.75, 3.05) is 12.4 Å². The average Bonchev–Trinajstić information content (AvgIpc) is 3.05. The van der Waals surface area contributed by atoms with Crippen molar-refractivity contribution in [3.8, 4) is 5.75 Å². The zero-order chi connectivity index (χ0) is 15.8. The van der Waals surface area contributed by atoms with Gasteiger partial charge in [0.05, 0.1) is 18.3 Å². The van der Waals surface area contributed by atoms with Crippen molar-refractivity contribution in [2.45, 2.75) is 0 Å². The maximum Gasteiger partial charge on any atom is 0.215 e. The van der Waals surface area contributed by atoms with Crippen molar-refractivity contribution in [3.05, 3.63) is 53.8 Å². The molecule has 0 aliphatic rings. The van der Waals surface area contributed by atoms with Crippen LogP contribution in [0, 0.1) is 0 Å². The van der Waals surface area contributed by atoms with Crippen molar-refractivity contribution in [1.82, 2.24) is 19.6 Å². The molecule has 0 spiro atoms. The predicted octanol–water partition coefficient (Wildman–Crippen LogP) is 3.68. The molecule has 2 heterocycles. The summed E-state index contributed by atoms with van der Waals surface area (Å²) in [5, 5.41) is 13.0. The van der Waals surface area contributed by atoms with Crippen molar-refractivity contribution in [1.29, 1.82) is 0 Å². The molecule has 4 rings (SSSR count). The van der Waals surface area contributed by atoms with Gasteiger partial charge in [-0.05, 0) is 30.3 Å². The van der Waals surface area contributed by atoms with Crippen LogP contribution in [0.4, 0.5) is 11.6 Å². The zero-order valence-corrected chi connectivity index (χ0v) is 12.9. The molecular formula is C16H12ClN5O. The molecule has 7 heteroatoms. The molecule has 0 aliphatic carbocycles. The first-order valence-corrected chi connectivity index (χ1v) is 7.33. The Morgan fingerprint density at radius 3 is 2.91 bits per heavy atom. The van der Waals surface area contributed by atoms with E-state index in [0.717, 1.165) is 22.2 Å². The molecule has 0 fully saturated rings. The second kappa shape index (κ2) is 5.40. The van der Waals surface area contributed by atoms with Crippen LogP contribution in [0.1, 0.15) is 0 Å². The van der Waals surface area contributed by atoms with Crippen LogP contribution in [-0.2, 0) is 0 Å². The van der Waals surface area contributed by atoms with E-state index in [1.54, 1.807) is 36.0 Å². The lowest BCUT2D eigenvalue weighted by molar-refractivity contribution is 0.417. The summed E-state index contributed by atoms with van der Waals surface area (Å²) in [6, 6.07) is 13.1. The first-order valence-electron chi connectivity index (χ1n) is 6.95. The lowest BCUT2D eigenvalue weighted by Gasteiger charge is -2.12. The van der Waals surface area contributed by atoms with Gasteiger partial charge in [-0.1, -0.05) is 23.7 Å². The standard InChI is InChI=1S/C16H12ClN5O/c1-23-14-7-6-10(17)8-13(14)20-16-19-12-5-3-2-4-11(12)15-21-18-9-22(15)16/h2-9H,1H3,(H,19,20). The molecule has 0 saturated heterocycles. The summed E-state index contributed by atoms with van der Waals surface area (Å²) >= 11 is 6.08. The van der Waals surface area contributed by atoms with Gasteiger partial charge in [-0.2, -0.15) is 0 Å². The van der Waals surface area contributed by atoms with Crippen LogP contribution in [0.3, 0.4) is 0 Å². The van der Waals surface area contributed by atoms with Crippen molar-refractivity contribution in [3.63, 3.8) is 0 Å². The van der Waals surface area contributed by atoms with E-state index in [9.17, 15) is 0 Å². The molecule has 0 bridgehead atoms. The van der Waals surface area contributed by atoms with E-state index < -0.39 is 0 Å². The van der Waals surface area contributed by atoms with Gasteiger partial charge in [-0.3, -0.25) is 4.40 Å². The van der Waals surface area contributed by atoms with E-state index in [4.69, 9.17) is 16.3 Å². The molecule has 2 aromatic heterocycles. The first-order chi connectivity index (χ1) is 11.3. The van der Waals surface area contributed by atoms with Crippen molar-refractivity contribution < 1.29 is 4.74 Å². The predicted molar refractivity (Wildman–Crippen MR) is 89.6 cm³/mol. The number of ether oxygens (including phenoxy) is 1. The number of nitrogens with zero attached hydrogens (tertiary/aromatic N) is 4. The quantitative estimate of drug-likeness (QED) is 0.622. The molecule has 6 nitrogen and oxygen atoms in total. The molecule has 1 N–H and O–H groups in total. The van der Waals surface area contributed by atoms with Crippen LogP contribution in [0.5, 0.6) is 5.75 Å². The molecule has 4 aromatic rings. The Labute approximate surface area is 136 Å². The van der Waals surface area contributed by atoms with Gasteiger partial charge in [-0.25, -0.2) is 4.98 Å². The minimum atomic E-state index is 0.587. The molecule has 0 unspecified atom stereocenters. The smallest absolute Gasteiger partial charge is 0.215 e. The van der Waals surface area contributed by atoms with E-state index in [1.807, 2.05) is 24.3 Å². The summed E-state index contributed by atoms with van der Waals surface area (Å²) in [6.07, 6.45) is 1.62. The largest absolute Gasteiger partial charge is 0.495 e. The summed E-state index contributed by atoms with van der Waals surface area (Å²) in [5.41, 5.74) is 2.29. The lowest BCUT2D eigenvalue weighted by atomic mass is 10.2. The van der Waals surface area contributed by atoms with Crippen LogP contribution >= 0.6 is 11.6 Å². The molecule has 0 radical (unpaired) electrons. The molecule has 0 saturated carbocycles. The third-order valence-corrected chi connectivity index (χ3v) is 3.79. The molecule has 0 aliphatic heterocycles. The van der Waals surface area contributed by atoms with Crippen LogP contribution in [0.25, 0.3) is 16.6 Å². The summed E-state index contributed by atoms with van der Waals surface area (Å²) in [4.78, 5) is 4.65. The molecule has 2 aromatic carbocycles. The van der Waals surface area contributed by atoms with Gasteiger partial charge in [0.1, 0.15) is 12.1 Å². The van der Waals surface area contributed by atoms with Crippen LogP contribution in [-0.4, -0.2) is 26.7 Å². The van der Waals surface area contributed by atoms with Crippen molar-refractivity contribution in [2.24, 2.45) is 0 Å². The number of rotatable bonds is 3. The minimum Gasteiger partial charge on any atom is -0.495 e.